The van der Waals surface area contributed by atoms with Crippen LogP contribution in [-0.4, -0.2) is 23.8 Å². The standard InChI is InChI=1S/C23H18N4O3S/c1-29-17-9-7-16(8-10-17)21-18(11-24)22(26)27-23(19(21)12-25)31-14-20(28)30-13-15-5-3-2-4-6-15/h2-10H,13-14H2,1H3,(H2,26,27). The lowest BCUT2D eigenvalue weighted by molar-refractivity contribution is -0.141. The third-order valence-electron chi connectivity index (χ3n) is 4.36. The predicted octanol–water partition coefficient (Wildman–Crippen LogP) is 3.92. The van der Waals surface area contributed by atoms with Gasteiger partial charge in [-0.05, 0) is 23.3 Å². The lowest BCUT2D eigenvalue weighted by Gasteiger charge is -2.13. The topological polar surface area (TPSA) is 122 Å². The fourth-order valence-electron chi connectivity index (χ4n) is 2.86. The van der Waals surface area contributed by atoms with E-state index in [1.165, 1.54) is 0 Å². The van der Waals surface area contributed by atoms with Crippen molar-refractivity contribution in [2.24, 2.45) is 0 Å². The summed E-state index contributed by atoms with van der Waals surface area (Å²) >= 11 is 1.04. The number of nitrogen functional groups attached to an aromatic ring is 1. The van der Waals surface area contributed by atoms with Gasteiger partial charge >= 0.3 is 5.97 Å². The van der Waals surface area contributed by atoms with E-state index >= 15 is 0 Å². The molecule has 0 unspecified atom stereocenters. The molecule has 3 rings (SSSR count). The van der Waals surface area contributed by atoms with Gasteiger partial charge in [0.25, 0.3) is 0 Å². The minimum atomic E-state index is -0.450. The van der Waals surface area contributed by atoms with E-state index in [-0.39, 0.29) is 34.3 Å². The normalized spacial score (nSPS) is 10.0. The number of nitriles is 2. The first-order valence-corrected chi connectivity index (χ1v) is 10.2. The van der Waals surface area contributed by atoms with Crippen LogP contribution in [-0.2, 0) is 16.1 Å². The highest BCUT2D eigenvalue weighted by Crippen LogP contribution is 2.36. The van der Waals surface area contributed by atoms with Crippen LogP contribution in [0.1, 0.15) is 16.7 Å². The molecule has 0 aliphatic heterocycles. The Kier molecular flexibility index (Phi) is 7.10. The van der Waals surface area contributed by atoms with Gasteiger partial charge < -0.3 is 15.2 Å². The highest BCUT2D eigenvalue weighted by Gasteiger charge is 2.21. The molecule has 0 aliphatic rings. The Balaban J connectivity index is 1.85. The van der Waals surface area contributed by atoms with Crippen molar-refractivity contribution in [2.75, 3.05) is 18.6 Å². The van der Waals surface area contributed by atoms with E-state index in [1.807, 2.05) is 36.4 Å². The number of anilines is 1. The molecule has 8 heteroatoms. The zero-order valence-corrected chi connectivity index (χ0v) is 17.5. The molecule has 1 heterocycles. The smallest absolute Gasteiger partial charge is 0.316 e. The van der Waals surface area contributed by atoms with Crippen molar-refractivity contribution in [1.82, 2.24) is 4.98 Å². The first kappa shape index (κ1) is 21.7. The van der Waals surface area contributed by atoms with Gasteiger partial charge in [0.1, 0.15) is 40.9 Å². The Hall–Kier alpha value is -4.01. The second-order valence-electron chi connectivity index (χ2n) is 6.31. The molecule has 3 aromatic rings. The number of esters is 1. The number of aromatic nitrogens is 1. The van der Waals surface area contributed by atoms with Crippen LogP contribution < -0.4 is 10.5 Å². The molecule has 0 bridgehead atoms. The molecule has 0 aliphatic carbocycles. The van der Waals surface area contributed by atoms with Crippen molar-refractivity contribution in [3.8, 4) is 29.0 Å². The summed E-state index contributed by atoms with van der Waals surface area (Å²) in [5.41, 5.74) is 8.15. The monoisotopic (exact) mass is 430 g/mol. The van der Waals surface area contributed by atoms with E-state index < -0.39 is 5.97 Å². The van der Waals surface area contributed by atoms with Gasteiger partial charge in [0.15, 0.2) is 0 Å². The van der Waals surface area contributed by atoms with Gasteiger partial charge in [-0.1, -0.05) is 54.2 Å². The summed E-state index contributed by atoms with van der Waals surface area (Å²) in [6.07, 6.45) is 0. The summed E-state index contributed by atoms with van der Waals surface area (Å²) in [4.78, 5) is 16.4. The molecule has 2 N–H and O–H groups in total. The first-order valence-electron chi connectivity index (χ1n) is 9.17. The summed E-state index contributed by atoms with van der Waals surface area (Å²) < 4.78 is 10.4. The van der Waals surface area contributed by atoms with Crippen LogP contribution in [0.3, 0.4) is 0 Å². The van der Waals surface area contributed by atoms with E-state index in [0.29, 0.717) is 16.9 Å². The molecular formula is C23H18N4O3S. The van der Waals surface area contributed by atoms with Crippen LogP contribution in [0.15, 0.2) is 59.6 Å². The highest BCUT2D eigenvalue weighted by atomic mass is 32.2. The Bertz CT molecular complexity index is 1170. The van der Waals surface area contributed by atoms with Crippen LogP contribution in [0.2, 0.25) is 0 Å². The second kappa shape index (κ2) is 10.1. The molecule has 7 nitrogen and oxygen atoms in total. The van der Waals surface area contributed by atoms with E-state index in [2.05, 4.69) is 11.1 Å². The molecule has 0 fully saturated rings. The fourth-order valence-corrected chi connectivity index (χ4v) is 3.65. The number of methoxy groups -OCH3 is 1. The van der Waals surface area contributed by atoms with Gasteiger partial charge in [0, 0.05) is 5.56 Å². The van der Waals surface area contributed by atoms with Crippen molar-refractivity contribution in [2.45, 2.75) is 11.6 Å². The second-order valence-corrected chi connectivity index (χ2v) is 7.28. The Labute approximate surface area is 184 Å². The van der Waals surface area contributed by atoms with Crippen molar-refractivity contribution >= 4 is 23.5 Å². The number of nitrogens with zero attached hydrogens (tertiary/aromatic N) is 3. The average molecular weight is 430 g/mol. The minimum absolute atomic E-state index is 0.00697. The summed E-state index contributed by atoms with van der Waals surface area (Å²) in [6.45, 7) is 0.158. The zero-order valence-electron chi connectivity index (χ0n) is 16.7. The maximum atomic E-state index is 12.2. The molecule has 0 spiro atoms. The highest BCUT2D eigenvalue weighted by molar-refractivity contribution is 7.99. The Morgan fingerprint density at radius 1 is 1.06 bits per heavy atom. The van der Waals surface area contributed by atoms with E-state index in [9.17, 15) is 15.3 Å². The summed E-state index contributed by atoms with van der Waals surface area (Å²) in [5.74, 6) is 0.126. The van der Waals surface area contributed by atoms with Crippen LogP contribution in [0.5, 0.6) is 5.75 Å². The molecule has 154 valence electrons. The van der Waals surface area contributed by atoms with Crippen molar-refractivity contribution in [3.63, 3.8) is 0 Å². The van der Waals surface area contributed by atoms with E-state index in [1.54, 1.807) is 31.4 Å². The predicted molar refractivity (Wildman–Crippen MR) is 117 cm³/mol. The number of nitrogens with two attached hydrogens (primary N) is 1. The van der Waals surface area contributed by atoms with Crippen LogP contribution in [0.25, 0.3) is 11.1 Å². The molecule has 31 heavy (non-hydrogen) atoms. The molecule has 0 atom stereocenters. The van der Waals surface area contributed by atoms with E-state index in [4.69, 9.17) is 15.2 Å². The van der Waals surface area contributed by atoms with Gasteiger partial charge in [-0.25, -0.2) is 4.98 Å². The number of thioether (sulfide) groups is 1. The van der Waals surface area contributed by atoms with Crippen LogP contribution in [0, 0.1) is 22.7 Å². The van der Waals surface area contributed by atoms with Gasteiger partial charge in [0.05, 0.1) is 18.4 Å². The number of rotatable bonds is 7. The molecule has 1 aromatic heterocycles. The van der Waals surface area contributed by atoms with Crippen molar-refractivity contribution < 1.29 is 14.3 Å². The number of hydrogen-bond donors (Lipinski definition) is 1. The lowest BCUT2D eigenvalue weighted by Crippen LogP contribution is -2.09. The molecular weight excluding hydrogens is 412 g/mol. The molecule has 0 amide bonds. The van der Waals surface area contributed by atoms with Crippen LogP contribution in [0.4, 0.5) is 5.82 Å². The van der Waals surface area contributed by atoms with Crippen molar-refractivity contribution in [1.29, 1.82) is 10.5 Å². The van der Waals surface area contributed by atoms with Gasteiger partial charge in [0.2, 0.25) is 0 Å². The number of pyridine rings is 1. The summed E-state index contributed by atoms with van der Waals surface area (Å²) in [7, 11) is 1.55. The fraction of sp³-hybridized carbons (Fsp3) is 0.130. The lowest BCUT2D eigenvalue weighted by atomic mass is 9.97. The molecule has 0 saturated heterocycles. The van der Waals surface area contributed by atoms with Crippen molar-refractivity contribution in [3.05, 3.63) is 71.3 Å². The molecule has 2 aromatic carbocycles. The first-order chi connectivity index (χ1) is 15.1. The minimum Gasteiger partial charge on any atom is -0.497 e. The number of ether oxygens (including phenoxy) is 2. The number of hydrogen-bond acceptors (Lipinski definition) is 8. The van der Waals surface area contributed by atoms with Gasteiger partial charge in [-0.3, -0.25) is 4.79 Å². The largest absolute Gasteiger partial charge is 0.497 e. The van der Waals surface area contributed by atoms with Gasteiger partial charge in [-0.2, -0.15) is 10.5 Å². The number of benzene rings is 2. The van der Waals surface area contributed by atoms with Crippen LogP contribution >= 0.6 is 11.8 Å². The maximum absolute atomic E-state index is 12.2. The summed E-state index contributed by atoms with van der Waals surface area (Å²) in [5, 5.41) is 19.6. The summed E-state index contributed by atoms with van der Waals surface area (Å²) in [6, 6.07) is 20.4. The van der Waals surface area contributed by atoms with E-state index in [0.717, 1.165) is 17.3 Å². The third kappa shape index (κ3) is 5.13. The Morgan fingerprint density at radius 2 is 1.74 bits per heavy atom. The maximum Gasteiger partial charge on any atom is 0.316 e. The van der Waals surface area contributed by atoms with Gasteiger partial charge in [-0.15, -0.1) is 0 Å². The number of carbonyl (C=O) groups excluding carboxylic acids is 1. The zero-order chi connectivity index (χ0) is 22.2. The quantitative estimate of drug-likeness (QED) is 0.442. The molecule has 0 radical (unpaired) electrons. The number of carbonyl (C=O) groups is 1. The molecule has 0 saturated carbocycles. The Morgan fingerprint density at radius 3 is 2.35 bits per heavy atom. The average Bonchev–Trinajstić information content (AvgIpc) is 2.81. The third-order valence-corrected chi connectivity index (χ3v) is 5.31. The SMILES string of the molecule is COc1ccc(-c2c(C#N)c(N)nc(SCC(=O)OCc3ccccc3)c2C#N)cc1.